The number of amides is 1. The summed E-state index contributed by atoms with van der Waals surface area (Å²) >= 11 is 6.52. The predicted octanol–water partition coefficient (Wildman–Crippen LogP) is 4.98. The molecule has 4 rings (SSSR count). The van der Waals surface area contributed by atoms with E-state index in [-0.39, 0.29) is 29.0 Å². The smallest absolute Gasteiger partial charge is 0.354 e. The minimum atomic E-state index is -0.646. The van der Waals surface area contributed by atoms with Gasteiger partial charge in [-0.15, -0.1) is 0 Å². The minimum Gasteiger partial charge on any atom is -0.464 e. The first-order chi connectivity index (χ1) is 16.4. The fourth-order valence-electron chi connectivity index (χ4n) is 3.95. The molecule has 172 valence electrons. The fraction of sp³-hybridized carbons (Fsp3) is 0.148. The van der Waals surface area contributed by atoms with Crippen LogP contribution in [0.3, 0.4) is 0 Å². The van der Waals surface area contributed by atoms with Crippen LogP contribution >= 0.6 is 11.6 Å². The number of aromatic amines is 1. The number of halogens is 1. The Kier molecular flexibility index (Phi) is 6.80. The Morgan fingerprint density at radius 1 is 1.00 bits per heavy atom. The molecule has 6 nitrogen and oxygen atoms in total. The van der Waals surface area contributed by atoms with E-state index < -0.39 is 5.97 Å². The molecule has 4 aromatic rings. The maximum atomic E-state index is 13.6. The Morgan fingerprint density at radius 2 is 1.71 bits per heavy atom. The average molecular weight is 475 g/mol. The van der Waals surface area contributed by atoms with Crippen LogP contribution in [0, 0.1) is 0 Å². The van der Waals surface area contributed by atoms with Crippen LogP contribution in [-0.4, -0.2) is 30.5 Å². The standard InChI is InChI=1S/C27H23ClN2O4/c1-3-29-26(32)18-11-9-16(10-12-18)15-20-24(27(33)34-2)30-23-19(25(20)31)13-14-21(28)22(23)17-7-5-4-6-8-17/h4-14H,3,15H2,1-2H3,(H,29,32)(H,30,31). The molecule has 0 radical (unpaired) electrons. The summed E-state index contributed by atoms with van der Waals surface area (Å²) in [5, 5.41) is 3.63. The molecule has 0 aliphatic rings. The third-order valence-electron chi connectivity index (χ3n) is 5.61. The Balaban J connectivity index is 1.87. The van der Waals surface area contributed by atoms with Crippen LogP contribution in [-0.2, 0) is 11.2 Å². The third kappa shape index (κ3) is 4.45. The Hall–Kier alpha value is -3.90. The molecule has 0 fully saturated rings. The van der Waals surface area contributed by atoms with E-state index in [0.717, 1.165) is 11.1 Å². The van der Waals surface area contributed by atoms with Crippen LogP contribution in [0.2, 0.25) is 5.02 Å². The van der Waals surface area contributed by atoms with Gasteiger partial charge in [-0.25, -0.2) is 4.79 Å². The predicted molar refractivity (Wildman–Crippen MR) is 134 cm³/mol. The van der Waals surface area contributed by atoms with E-state index in [1.165, 1.54) is 7.11 Å². The first kappa shape index (κ1) is 23.3. The zero-order chi connectivity index (χ0) is 24.2. The molecule has 0 aliphatic carbocycles. The monoisotopic (exact) mass is 474 g/mol. The number of H-pyrrole nitrogens is 1. The molecule has 0 saturated heterocycles. The number of ether oxygens (including phenoxy) is 1. The second-order valence-electron chi connectivity index (χ2n) is 7.74. The highest BCUT2D eigenvalue weighted by molar-refractivity contribution is 6.35. The van der Waals surface area contributed by atoms with Gasteiger partial charge in [0, 0.05) is 35.0 Å². The highest BCUT2D eigenvalue weighted by Gasteiger charge is 2.21. The lowest BCUT2D eigenvalue weighted by atomic mass is 9.96. The molecule has 1 amide bonds. The Morgan fingerprint density at radius 3 is 2.35 bits per heavy atom. The van der Waals surface area contributed by atoms with Crippen LogP contribution < -0.4 is 10.7 Å². The van der Waals surface area contributed by atoms with E-state index in [9.17, 15) is 14.4 Å². The molecule has 0 spiro atoms. The normalized spacial score (nSPS) is 10.8. The second-order valence-corrected chi connectivity index (χ2v) is 8.15. The van der Waals surface area contributed by atoms with Crippen molar-refractivity contribution >= 4 is 34.4 Å². The summed E-state index contributed by atoms with van der Waals surface area (Å²) in [5.74, 6) is -0.815. The summed E-state index contributed by atoms with van der Waals surface area (Å²) in [4.78, 5) is 41.5. The number of esters is 1. The van der Waals surface area contributed by atoms with Gasteiger partial charge in [-0.05, 0) is 42.3 Å². The summed E-state index contributed by atoms with van der Waals surface area (Å²) in [5.41, 5.74) is 3.31. The van der Waals surface area contributed by atoms with Gasteiger partial charge in [-0.3, -0.25) is 9.59 Å². The van der Waals surface area contributed by atoms with Crippen LogP contribution in [0.15, 0.2) is 71.5 Å². The van der Waals surface area contributed by atoms with Crippen molar-refractivity contribution in [3.05, 3.63) is 104 Å². The van der Waals surface area contributed by atoms with E-state index in [4.69, 9.17) is 16.3 Å². The molecule has 34 heavy (non-hydrogen) atoms. The van der Waals surface area contributed by atoms with Gasteiger partial charge in [0.2, 0.25) is 0 Å². The summed E-state index contributed by atoms with van der Waals surface area (Å²) in [6, 6.07) is 19.7. The molecule has 0 unspecified atom stereocenters. The Labute approximate surface area is 201 Å². The lowest BCUT2D eigenvalue weighted by Gasteiger charge is -2.14. The first-order valence-corrected chi connectivity index (χ1v) is 11.2. The van der Waals surface area contributed by atoms with Crippen LogP contribution in [0.25, 0.3) is 22.0 Å². The number of methoxy groups -OCH3 is 1. The zero-order valence-corrected chi connectivity index (χ0v) is 19.5. The lowest BCUT2D eigenvalue weighted by Crippen LogP contribution is -2.22. The maximum Gasteiger partial charge on any atom is 0.354 e. The van der Waals surface area contributed by atoms with Gasteiger partial charge in [0.1, 0.15) is 5.69 Å². The van der Waals surface area contributed by atoms with E-state index in [1.54, 1.807) is 36.4 Å². The van der Waals surface area contributed by atoms with Crippen molar-refractivity contribution in [1.82, 2.24) is 10.3 Å². The van der Waals surface area contributed by atoms with Crippen molar-refractivity contribution in [3.8, 4) is 11.1 Å². The SMILES string of the molecule is CCNC(=O)c1ccc(Cc2c(C(=O)OC)[nH]c3c(-c4ccccc4)c(Cl)ccc3c2=O)cc1. The number of aromatic nitrogens is 1. The summed E-state index contributed by atoms with van der Waals surface area (Å²) < 4.78 is 4.98. The number of carbonyl (C=O) groups excluding carboxylic acids is 2. The number of rotatable bonds is 6. The number of hydrogen-bond acceptors (Lipinski definition) is 4. The van der Waals surface area contributed by atoms with Crippen molar-refractivity contribution in [2.24, 2.45) is 0 Å². The molecule has 0 aliphatic heterocycles. The number of hydrogen-bond donors (Lipinski definition) is 2. The number of carbonyl (C=O) groups is 2. The molecule has 7 heteroatoms. The number of fused-ring (bicyclic) bond motifs is 1. The quantitative estimate of drug-likeness (QED) is 0.386. The van der Waals surface area contributed by atoms with E-state index in [0.29, 0.717) is 33.6 Å². The molecule has 0 bridgehead atoms. The van der Waals surface area contributed by atoms with Crippen molar-refractivity contribution < 1.29 is 14.3 Å². The first-order valence-electron chi connectivity index (χ1n) is 10.8. The van der Waals surface area contributed by atoms with Crippen LogP contribution in [0.5, 0.6) is 0 Å². The van der Waals surface area contributed by atoms with Crippen LogP contribution in [0.1, 0.15) is 38.9 Å². The number of nitrogens with one attached hydrogen (secondary N) is 2. The van der Waals surface area contributed by atoms with Gasteiger partial charge in [-0.1, -0.05) is 54.1 Å². The van der Waals surface area contributed by atoms with Gasteiger partial charge in [0.05, 0.1) is 17.6 Å². The number of pyridine rings is 1. The molecule has 3 aromatic carbocycles. The van der Waals surface area contributed by atoms with Crippen molar-refractivity contribution in [2.75, 3.05) is 13.7 Å². The highest BCUT2D eigenvalue weighted by Crippen LogP contribution is 2.34. The van der Waals surface area contributed by atoms with Gasteiger partial charge in [-0.2, -0.15) is 0 Å². The average Bonchev–Trinajstić information content (AvgIpc) is 2.86. The lowest BCUT2D eigenvalue weighted by molar-refractivity contribution is 0.0593. The molecule has 1 heterocycles. The summed E-state index contributed by atoms with van der Waals surface area (Å²) in [7, 11) is 1.27. The van der Waals surface area contributed by atoms with Crippen molar-refractivity contribution in [3.63, 3.8) is 0 Å². The molecule has 2 N–H and O–H groups in total. The highest BCUT2D eigenvalue weighted by atomic mass is 35.5. The summed E-state index contributed by atoms with van der Waals surface area (Å²) in [6.07, 6.45) is 0.189. The van der Waals surface area contributed by atoms with Gasteiger partial charge in [0.15, 0.2) is 5.43 Å². The molecule has 1 aromatic heterocycles. The minimum absolute atomic E-state index is 0.0762. The maximum absolute atomic E-state index is 13.6. The number of benzene rings is 3. The largest absolute Gasteiger partial charge is 0.464 e. The topological polar surface area (TPSA) is 88.3 Å². The fourth-order valence-corrected chi connectivity index (χ4v) is 4.21. The van der Waals surface area contributed by atoms with E-state index in [1.807, 2.05) is 37.3 Å². The van der Waals surface area contributed by atoms with Crippen molar-refractivity contribution in [1.29, 1.82) is 0 Å². The molecular weight excluding hydrogens is 452 g/mol. The third-order valence-corrected chi connectivity index (χ3v) is 5.93. The molecular formula is C27H23ClN2O4. The molecule has 0 saturated carbocycles. The summed E-state index contributed by atoms with van der Waals surface area (Å²) in [6.45, 7) is 2.38. The zero-order valence-electron chi connectivity index (χ0n) is 18.8. The Bertz CT molecular complexity index is 1430. The van der Waals surface area contributed by atoms with Crippen LogP contribution in [0.4, 0.5) is 0 Å². The van der Waals surface area contributed by atoms with Gasteiger partial charge < -0.3 is 15.0 Å². The molecule has 0 atom stereocenters. The van der Waals surface area contributed by atoms with Crippen molar-refractivity contribution in [2.45, 2.75) is 13.3 Å². The second kappa shape index (κ2) is 9.93. The van der Waals surface area contributed by atoms with E-state index >= 15 is 0 Å². The van der Waals surface area contributed by atoms with E-state index in [2.05, 4.69) is 10.3 Å². The van der Waals surface area contributed by atoms with Gasteiger partial charge in [0.25, 0.3) is 5.91 Å². The van der Waals surface area contributed by atoms with Gasteiger partial charge >= 0.3 is 5.97 Å².